The first-order valence-electron chi connectivity index (χ1n) is 10.0. The van der Waals surface area contributed by atoms with Crippen molar-refractivity contribution in [2.45, 2.75) is 37.7 Å². The van der Waals surface area contributed by atoms with E-state index >= 15 is 0 Å². The SMILES string of the molecule is CCOC(=O)C1=C(C)Nc2nc(SCc3ccccc3C)nn2[C@@H]1c1ccc(Br)cc1. The van der Waals surface area contributed by atoms with Crippen LogP contribution >= 0.6 is 27.7 Å². The van der Waals surface area contributed by atoms with Gasteiger partial charge in [0.25, 0.3) is 0 Å². The highest BCUT2D eigenvalue weighted by molar-refractivity contribution is 9.10. The highest BCUT2D eigenvalue weighted by atomic mass is 79.9. The van der Waals surface area contributed by atoms with Gasteiger partial charge in [-0.3, -0.25) is 0 Å². The minimum absolute atomic E-state index is 0.310. The summed E-state index contributed by atoms with van der Waals surface area (Å²) in [6.45, 7) is 6.09. The van der Waals surface area contributed by atoms with Gasteiger partial charge in [0.1, 0.15) is 6.04 Å². The molecule has 4 rings (SSSR count). The molecule has 6 nitrogen and oxygen atoms in total. The second kappa shape index (κ2) is 9.28. The topological polar surface area (TPSA) is 69.0 Å². The number of carbonyl (C=O) groups excluding carboxylic acids is 1. The molecular weight excluding hydrogens is 476 g/mol. The summed E-state index contributed by atoms with van der Waals surface area (Å²) in [6, 6.07) is 15.8. The van der Waals surface area contributed by atoms with Crippen molar-refractivity contribution in [1.82, 2.24) is 14.8 Å². The number of rotatable bonds is 6. The van der Waals surface area contributed by atoms with Crippen LogP contribution in [0, 0.1) is 6.92 Å². The lowest BCUT2D eigenvalue weighted by atomic mass is 9.96. The van der Waals surface area contributed by atoms with Crippen molar-refractivity contribution in [3.05, 3.63) is 81.0 Å². The first-order chi connectivity index (χ1) is 15.0. The summed E-state index contributed by atoms with van der Waals surface area (Å²) in [5.41, 5.74) is 4.69. The average molecular weight is 499 g/mol. The highest BCUT2D eigenvalue weighted by Crippen LogP contribution is 2.37. The van der Waals surface area contributed by atoms with Crippen LogP contribution in [-0.4, -0.2) is 27.3 Å². The number of hydrogen-bond donors (Lipinski definition) is 1. The molecule has 1 aliphatic rings. The largest absolute Gasteiger partial charge is 0.463 e. The molecule has 0 aliphatic carbocycles. The fraction of sp³-hybridized carbons (Fsp3) is 0.261. The van der Waals surface area contributed by atoms with Crippen LogP contribution in [0.15, 0.2) is 69.4 Å². The quantitative estimate of drug-likeness (QED) is 0.357. The Balaban J connectivity index is 1.70. The van der Waals surface area contributed by atoms with Crippen molar-refractivity contribution in [1.29, 1.82) is 0 Å². The standard InChI is InChI=1S/C23H23BrN4O2S/c1-4-30-21(29)19-15(3)25-22-26-23(31-13-17-8-6-5-7-14(17)2)27-28(22)20(19)16-9-11-18(24)12-10-16/h5-12,20H,4,13H2,1-3H3,(H,25,26,27)/t20-/m1/s1. The molecule has 160 valence electrons. The van der Waals surface area contributed by atoms with E-state index in [0.717, 1.165) is 21.5 Å². The lowest BCUT2D eigenvalue weighted by molar-refractivity contribution is -0.139. The van der Waals surface area contributed by atoms with Crippen LogP contribution in [0.4, 0.5) is 5.95 Å². The van der Waals surface area contributed by atoms with E-state index in [-0.39, 0.29) is 5.97 Å². The molecule has 3 aromatic rings. The number of thioether (sulfide) groups is 1. The fourth-order valence-electron chi connectivity index (χ4n) is 3.53. The van der Waals surface area contributed by atoms with Crippen LogP contribution in [-0.2, 0) is 15.3 Å². The van der Waals surface area contributed by atoms with Crippen LogP contribution in [0.3, 0.4) is 0 Å². The lowest BCUT2D eigenvalue weighted by Gasteiger charge is -2.28. The summed E-state index contributed by atoms with van der Waals surface area (Å²) in [4.78, 5) is 17.5. The molecule has 0 saturated carbocycles. The number of benzene rings is 2. The number of nitrogens with one attached hydrogen (secondary N) is 1. The maximum Gasteiger partial charge on any atom is 0.338 e. The van der Waals surface area contributed by atoms with E-state index in [4.69, 9.17) is 9.84 Å². The Morgan fingerprint density at radius 2 is 1.94 bits per heavy atom. The Labute approximate surface area is 194 Å². The van der Waals surface area contributed by atoms with E-state index in [9.17, 15) is 4.79 Å². The zero-order valence-corrected chi connectivity index (χ0v) is 20.0. The van der Waals surface area contributed by atoms with E-state index in [2.05, 4.69) is 45.3 Å². The molecule has 0 amide bonds. The minimum atomic E-state index is -0.413. The minimum Gasteiger partial charge on any atom is -0.463 e. The van der Waals surface area contributed by atoms with Gasteiger partial charge >= 0.3 is 5.97 Å². The molecule has 0 fully saturated rings. The molecule has 0 unspecified atom stereocenters. The molecule has 2 heterocycles. The van der Waals surface area contributed by atoms with Crippen molar-refractivity contribution < 1.29 is 9.53 Å². The van der Waals surface area contributed by atoms with E-state index in [1.54, 1.807) is 23.4 Å². The molecule has 0 spiro atoms. The van der Waals surface area contributed by atoms with Crippen molar-refractivity contribution in [2.24, 2.45) is 0 Å². The molecule has 0 saturated heterocycles. The number of esters is 1. The third-order valence-electron chi connectivity index (χ3n) is 5.13. The second-order valence-corrected chi connectivity index (χ2v) is 9.07. The Hall–Kier alpha value is -2.58. The molecule has 0 radical (unpaired) electrons. The number of ether oxygens (including phenoxy) is 1. The van der Waals surface area contributed by atoms with Crippen LogP contribution in [0.5, 0.6) is 0 Å². The van der Waals surface area contributed by atoms with Gasteiger partial charge < -0.3 is 10.1 Å². The summed E-state index contributed by atoms with van der Waals surface area (Å²) in [5.74, 6) is 1.04. The molecule has 31 heavy (non-hydrogen) atoms. The van der Waals surface area contributed by atoms with Crippen LogP contribution < -0.4 is 5.32 Å². The van der Waals surface area contributed by atoms with Gasteiger partial charge in [0.2, 0.25) is 11.1 Å². The molecule has 8 heteroatoms. The third-order valence-corrected chi connectivity index (χ3v) is 6.55. The normalized spacial score (nSPS) is 15.4. The molecular formula is C23H23BrN4O2S. The van der Waals surface area contributed by atoms with Crippen molar-refractivity contribution in [2.75, 3.05) is 11.9 Å². The van der Waals surface area contributed by atoms with Gasteiger partial charge in [-0.05, 0) is 49.6 Å². The third kappa shape index (κ3) is 4.55. The number of anilines is 1. The maximum atomic E-state index is 12.8. The van der Waals surface area contributed by atoms with Gasteiger partial charge in [0, 0.05) is 15.9 Å². The number of aryl methyl sites for hydroxylation is 1. The van der Waals surface area contributed by atoms with Gasteiger partial charge in [-0.2, -0.15) is 4.98 Å². The van der Waals surface area contributed by atoms with Gasteiger partial charge in [-0.1, -0.05) is 64.1 Å². The van der Waals surface area contributed by atoms with Gasteiger partial charge in [0.05, 0.1) is 12.2 Å². The number of carbonyl (C=O) groups is 1. The van der Waals surface area contributed by atoms with Crippen molar-refractivity contribution in [3.8, 4) is 0 Å². The van der Waals surface area contributed by atoms with Gasteiger partial charge in [0.15, 0.2) is 0 Å². The molecule has 2 aromatic carbocycles. The predicted octanol–water partition coefficient (Wildman–Crippen LogP) is 5.49. The molecule has 1 aliphatic heterocycles. The Kier molecular flexibility index (Phi) is 6.48. The highest BCUT2D eigenvalue weighted by Gasteiger charge is 2.35. The monoisotopic (exact) mass is 498 g/mol. The van der Waals surface area contributed by atoms with Crippen molar-refractivity contribution >= 4 is 39.6 Å². The summed E-state index contributed by atoms with van der Waals surface area (Å²) < 4.78 is 8.10. The van der Waals surface area contributed by atoms with E-state index in [1.165, 1.54) is 11.1 Å². The Morgan fingerprint density at radius 3 is 2.65 bits per heavy atom. The zero-order valence-electron chi connectivity index (χ0n) is 17.6. The summed E-state index contributed by atoms with van der Waals surface area (Å²) in [6.07, 6.45) is 0. The van der Waals surface area contributed by atoms with E-state index in [1.807, 2.05) is 43.3 Å². The van der Waals surface area contributed by atoms with E-state index in [0.29, 0.717) is 23.3 Å². The van der Waals surface area contributed by atoms with Crippen LogP contribution in [0.1, 0.15) is 36.6 Å². The van der Waals surface area contributed by atoms with Crippen molar-refractivity contribution in [3.63, 3.8) is 0 Å². The average Bonchev–Trinajstić information content (AvgIpc) is 3.15. The summed E-state index contributed by atoms with van der Waals surface area (Å²) >= 11 is 5.06. The van der Waals surface area contributed by atoms with E-state index < -0.39 is 6.04 Å². The van der Waals surface area contributed by atoms with Crippen LogP contribution in [0.2, 0.25) is 0 Å². The number of fused-ring (bicyclic) bond motifs is 1. The number of hydrogen-bond acceptors (Lipinski definition) is 6. The first kappa shape index (κ1) is 21.6. The zero-order chi connectivity index (χ0) is 22.0. The molecule has 1 atom stereocenters. The number of aromatic nitrogens is 3. The predicted molar refractivity (Wildman–Crippen MR) is 126 cm³/mol. The molecule has 1 N–H and O–H groups in total. The Bertz CT molecular complexity index is 1140. The molecule has 0 bridgehead atoms. The maximum absolute atomic E-state index is 12.8. The Morgan fingerprint density at radius 1 is 1.19 bits per heavy atom. The number of nitrogens with zero attached hydrogens (tertiary/aromatic N) is 3. The van der Waals surface area contributed by atoms with Gasteiger partial charge in [-0.15, -0.1) is 5.10 Å². The smallest absolute Gasteiger partial charge is 0.338 e. The van der Waals surface area contributed by atoms with Gasteiger partial charge in [-0.25, -0.2) is 9.48 Å². The van der Waals surface area contributed by atoms with Crippen LogP contribution in [0.25, 0.3) is 0 Å². The molecule has 1 aromatic heterocycles. The first-order valence-corrected chi connectivity index (χ1v) is 11.8. The fourth-order valence-corrected chi connectivity index (χ4v) is 4.70. The number of allylic oxidation sites excluding steroid dienone is 1. The lowest BCUT2D eigenvalue weighted by Crippen LogP contribution is -2.29. The number of halogens is 1. The second-order valence-electron chi connectivity index (χ2n) is 7.22. The summed E-state index contributed by atoms with van der Waals surface area (Å²) in [5, 5.41) is 8.65. The summed E-state index contributed by atoms with van der Waals surface area (Å²) in [7, 11) is 0.